The zero-order chi connectivity index (χ0) is 19.7. The van der Waals surface area contributed by atoms with Crippen LogP contribution in [0.5, 0.6) is 5.75 Å². The number of benzene rings is 1. The molecular formula is C20H25N3O4S. The lowest BCUT2D eigenvalue weighted by molar-refractivity contribution is -0.144. The molecule has 0 saturated carbocycles. The highest BCUT2D eigenvalue weighted by atomic mass is 32.2. The molecule has 3 aliphatic heterocycles. The van der Waals surface area contributed by atoms with Crippen molar-refractivity contribution in [3.63, 3.8) is 0 Å². The molecule has 1 spiro atoms. The summed E-state index contributed by atoms with van der Waals surface area (Å²) in [7, 11) is 0. The fourth-order valence-electron chi connectivity index (χ4n) is 4.07. The van der Waals surface area contributed by atoms with Crippen molar-refractivity contribution in [1.82, 2.24) is 15.1 Å². The smallest absolute Gasteiger partial charge is 0.258 e. The summed E-state index contributed by atoms with van der Waals surface area (Å²) >= 11 is 1.85. The van der Waals surface area contributed by atoms with E-state index in [1.54, 1.807) is 30.0 Å². The van der Waals surface area contributed by atoms with Crippen LogP contribution >= 0.6 is 11.8 Å². The normalized spacial score (nSPS) is 26.2. The van der Waals surface area contributed by atoms with Crippen molar-refractivity contribution >= 4 is 29.5 Å². The molecule has 3 amide bonds. The van der Waals surface area contributed by atoms with Crippen LogP contribution in [0.3, 0.4) is 0 Å². The van der Waals surface area contributed by atoms with Gasteiger partial charge in [-0.25, -0.2) is 0 Å². The van der Waals surface area contributed by atoms with Gasteiger partial charge in [-0.15, -0.1) is 0 Å². The molecule has 0 aromatic heterocycles. The predicted molar refractivity (Wildman–Crippen MR) is 106 cm³/mol. The molecule has 8 heteroatoms. The third-order valence-electron chi connectivity index (χ3n) is 5.75. The molecule has 0 aliphatic carbocycles. The highest BCUT2D eigenvalue weighted by molar-refractivity contribution is 7.99. The fourth-order valence-corrected chi connectivity index (χ4v) is 4.98. The molecular weight excluding hydrogens is 378 g/mol. The molecule has 1 aromatic carbocycles. The Hall–Kier alpha value is -2.22. The van der Waals surface area contributed by atoms with Crippen molar-refractivity contribution in [3.8, 4) is 5.75 Å². The average molecular weight is 404 g/mol. The maximum absolute atomic E-state index is 12.9. The van der Waals surface area contributed by atoms with Crippen LogP contribution in [-0.4, -0.2) is 70.4 Å². The fraction of sp³-hybridized carbons (Fsp3) is 0.550. The van der Waals surface area contributed by atoms with Crippen LogP contribution in [0.15, 0.2) is 24.3 Å². The first-order valence-corrected chi connectivity index (χ1v) is 10.9. The number of likely N-dealkylation sites (tertiary alicyclic amines) is 1. The number of ether oxygens (including phenoxy) is 1. The van der Waals surface area contributed by atoms with Crippen molar-refractivity contribution in [3.05, 3.63) is 29.8 Å². The lowest BCUT2D eigenvalue weighted by atomic mass is 10.0. The Morgan fingerprint density at radius 1 is 1.18 bits per heavy atom. The maximum Gasteiger partial charge on any atom is 0.258 e. The van der Waals surface area contributed by atoms with Crippen molar-refractivity contribution in [2.75, 3.05) is 31.1 Å². The van der Waals surface area contributed by atoms with Crippen molar-refractivity contribution in [2.24, 2.45) is 0 Å². The number of fused-ring (bicyclic) bond motifs is 1. The lowest BCUT2D eigenvalue weighted by Crippen LogP contribution is -2.56. The van der Waals surface area contributed by atoms with Gasteiger partial charge in [0.15, 0.2) is 5.72 Å². The second-order valence-electron chi connectivity index (χ2n) is 7.50. The van der Waals surface area contributed by atoms with Crippen LogP contribution < -0.4 is 10.1 Å². The third-order valence-corrected chi connectivity index (χ3v) is 6.69. The quantitative estimate of drug-likeness (QED) is 0.809. The molecule has 2 fully saturated rings. The number of thioether (sulfide) groups is 1. The van der Waals surface area contributed by atoms with E-state index >= 15 is 0 Å². The molecule has 3 aliphatic rings. The second-order valence-corrected chi connectivity index (χ2v) is 8.72. The minimum Gasteiger partial charge on any atom is -0.467 e. The average Bonchev–Trinajstić information content (AvgIpc) is 2.87. The van der Waals surface area contributed by atoms with E-state index in [0.717, 1.165) is 24.6 Å². The number of nitrogens with one attached hydrogen (secondary N) is 1. The molecule has 2 unspecified atom stereocenters. The summed E-state index contributed by atoms with van der Waals surface area (Å²) < 4.78 is 6.16. The Bertz CT molecular complexity index is 795. The standard InChI is InChI=1S/C20H25N3O4S/c1-14(19(26)22-10-12-28-13-11-22)23-9-8-20(7-6-17(23)24)21-18(25)15-4-2-3-5-16(15)27-20/h2-5,14H,6-13H2,1H3,(H,21,25). The van der Waals surface area contributed by atoms with Gasteiger partial charge in [-0.2, -0.15) is 11.8 Å². The molecule has 4 rings (SSSR count). The zero-order valence-electron chi connectivity index (χ0n) is 16.0. The monoisotopic (exact) mass is 403 g/mol. The highest BCUT2D eigenvalue weighted by Gasteiger charge is 2.44. The van der Waals surface area contributed by atoms with E-state index < -0.39 is 11.8 Å². The number of carbonyl (C=O) groups excluding carboxylic acids is 3. The number of hydrogen-bond acceptors (Lipinski definition) is 5. The molecule has 2 saturated heterocycles. The molecule has 1 N–H and O–H groups in total. The number of carbonyl (C=O) groups is 3. The first-order chi connectivity index (χ1) is 13.5. The van der Waals surface area contributed by atoms with Gasteiger partial charge in [0.2, 0.25) is 11.8 Å². The number of nitrogens with zero attached hydrogens (tertiary/aromatic N) is 2. The van der Waals surface area contributed by atoms with Gasteiger partial charge in [-0.3, -0.25) is 14.4 Å². The summed E-state index contributed by atoms with van der Waals surface area (Å²) in [5.74, 6) is 2.17. The number of amides is 3. The number of rotatable bonds is 2. The highest BCUT2D eigenvalue weighted by Crippen LogP contribution is 2.34. The van der Waals surface area contributed by atoms with Gasteiger partial charge in [0.1, 0.15) is 11.8 Å². The molecule has 3 heterocycles. The van der Waals surface area contributed by atoms with E-state index in [4.69, 9.17) is 4.74 Å². The second kappa shape index (κ2) is 7.66. The first kappa shape index (κ1) is 19.1. The van der Waals surface area contributed by atoms with Gasteiger partial charge in [-0.1, -0.05) is 12.1 Å². The Kier molecular flexibility index (Phi) is 5.23. The van der Waals surface area contributed by atoms with E-state index in [0.29, 0.717) is 30.7 Å². The topological polar surface area (TPSA) is 79.0 Å². The minimum atomic E-state index is -0.902. The summed E-state index contributed by atoms with van der Waals surface area (Å²) in [6.45, 7) is 3.64. The van der Waals surface area contributed by atoms with E-state index in [1.165, 1.54) is 0 Å². The van der Waals surface area contributed by atoms with Crippen LogP contribution in [0.1, 0.15) is 36.5 Å². The summed E-state index contributed by atoms with van der Waals surface area (Å²) in [4.78, 5) is 41.7. The molecule has 150 valence electrons. The van der Waals surface area contributed by atoms with E-state index in [2.05, 4.69) is 5.32 Å². The zero-order valence-corrected chi connectivity index (χ0v) is 16.8. The Morgan fingerprint density at radius 3 is 2.71 bits per heavy atom. The van der Waals surface area contributed by atoms with Crippen LogP contribution in [0.4, 0.5) is 0 Å². The molecule has 0 bridgehead atoms. The van der Waals surface area contributed by atoms with Crippen LogP contribution in [0, 0.1) is 0 Å². The van der Waals surface area contributed by atoms with Gasteiger partial charge in [0.05, 0.1) is 5.56 Å². The molecule has 0 radical (unpaired) electrons. The van der Waals surface area contributed by atoms with Gasteiger partial charge in [0.25, 0.3) is 5.91 Å². The molecule has 2 atom stereocenters. The third kappa shape index (κ3) is 3.57. The Morgan fingerprint density at radius 2 is 1.93 bits per heavy atom. The lowest BCUT2D eigenvalue weighted by Gasteiger charge is -2.38. The first-order valence-electron chi connectivity index (χ1n) is 9.76. The minimum absolute atomic E-state index is 0.00328. The van der Waals surface area contributed by atoms with Crippen molar-refractivity contribution < 1.29 is 19.1 Å². The molecule has 1 aromatic rings. The van der Waals surface area contributed by atoms with Gasteiger partial charge >= 0.3 is 0 Å². The van der Waals surface area contributed by atoms with Gasteiger partial charge in [-0.05, 0) is 19.1 Å². The maximum atomic E-state index is 12.9. The largest absolute Gasteiger partial charge is 0.467 e. The predicted octanol–water partition coefficient (Wildman–Crippen LogP) is 1.48. The number of hydrogen-bond donors (Lipinski definition) is 1. The van der Waals surface area contributed by atoms with Gasteiger partial charge in [0, 0.05) is 50.4 Å². The summed E-state index contributed by atoms with van der Waals surface area (Å²) in [6.07, 6.45) is 1.08. The Labute approximate surface area is 168 Å². The van der Waals surface area contributed by atoms with Gasteiger partial charge < -0.3 is 19.9 Å². The SMILES string of the molecule is CC(C(=O)N1CCSCC1)N1CCC2(CCC1=O)NC(=O)c1ccccc1O2. The van der Waals surface area contributed by atoms with Crippen molar-refractivity contribution in [1.29, 1.82) is 0 Å². The van der Waals surface area contributed by atoms with Crippen LogP contribution in [0.2, 0.25) is 0 Å². The summed E-state index contributed by atoms with van der Waals surface area (Å²) in [6, 6.07) is 6.63. The van der Waals surface area contributed by atoms with E-state index in [-0.39, 0.29) is 24.1 Å². The van der Waals surface area contributed by atoms with E-state index in [1.807, 2.05) is 22.7 Å². The number of para-hydroxylation sites is 1. The van der Waals surface area contributed by atoms with Crippen LogP contribution in [-0.2, 0) is 9.59 Å². The van der Waals surface area contributed by atoms with Crippen molar-refractivity contribution in [2.45, 2.75) is 38.0 Å². The molecule has 28 heavy (non-hydrogen) atoms. The van der Waals surface area contributed by atoms with E-state index in [9.17, 15) is 14.4 Å². The van der Waals surface area contributed by atoms with Crippen LogP contribution in [0.25, 0.3) is 0 Å². The summed E-state index contributed by atoms with van der Waals surface area (Å²) in [5.41, 5.74) is -0.396. The Balaban J connectivity index is 1.49. The summed E-state index contributed by atoms with van der Waals surface area (Å²) in [5, 5.41) is 2.96. The molecule has 7 nitrogen and oxygen atoms in total.